The number of nitrogens with one attached hydrogen (secondary N) is 1. The molecule has 6 nitrogen and oxygen atoms in total. The summed E-state index contributed by atoms with van der Waals surface area (Å²) in [7, 11) is 1.42. The zero-order chi connectivity index (χ0) is 14.5. The van der Waals surface area contributed by atoms with Crippen LogP contribution in [0.25, 0.3) is 0 Å². The van der Waals surface area contributed by atoms with Gasteiger partial charge in [0.15, 0.2) is 0 Å². The molecule has 1 aromatic carbocycles. The van der Waals surface area contributed by atoms with Gasteiger partial charge in [-0.1, -0.05) is 0 Å². The summed E-state index contributed by atoms with van der Waals surface area (Å²) in [6.07, 6.45) is 0.125. The van der Waals surface area contributed by atoms with Crippen LogP contribution in [0.5, 0.6) is 5.75 Å². The number of amides is 1. The Morgan fingerprint density at radius 3 is 3.00 bits per heavy atom. The van der Waals surface area contributed by atoms with E-state index in [1.165, 1.54) is 7.11 Å². The highest BCUT2D eigenvalue weighted by atomic mass is 16.5. The normalized spacial score (nSPS) is 14.2. The number of methoxy groups -OCH3 is 1. The first-order chi connectivity index (χ1) is 9.60. The van der Waals surface area contributed by atoms with Crippen LogP contribution in [0.4, 0.5) is 0 Å². The standard InChI is InChI=1S/C14H17NO5/c1-19-11(7-13(16)17)8-15-14(18)10-2-3-12-9(6-10)4-5-20-12/h2-3,6,11H,4-5,7-8H2,1H3,(H,15,18)(H,16,17). The van der Waals surface area contributed by atoms with Gasteiger partial charge in [-0.25, -0.2) is 0 Å². The van der Waals surface area contributed by atoms with Gasteiger partial charge in [-0.3, -0.25) is 9.59 Å². The number of carboxylic acid groups (broad SMARTS) is 1. The predicted molar refractivity (Wildman–Crippen MR) is 71.0 cm³/mol. The lowest BCUT2D eigenvalue weighted by Crippen LogP contribution is -2.34. The number of hydrogen-bond donors (Lipinski definition) is 2. The first kappa shape index (κ1) is 14.3. The summed E-state index contributed by atoms with van der Waals surface area (Å²) in [5.41, 5.74) is 1.56. The highest BCUT2D eigenvalue weighted by molar-refractivity contribution is 5.94. The largest absolute Gasteiger partial charge is 0.493 e. The monoisotopic (exact) mass is 279 g/mol. The number of hydrogen-bond acceptors (Lipinski definition) is 4. The molecule has 0 aromatic heterocycles. The van der Waals surface area contributed by atoms with Crippen molar-refractivity contribution in [1.82, 2.24) is 5.32 Å². The number of aliphatic carboxylic acids is 1. The molecule has 1 aliphatic rings. The minimum absolute atomic E-state index is 0.144. The zero-order valence-corrected chi connectivity index (χ0v) is 11.2. The lowest BCUT2D eigenvalue weighted by Gasteiger charge is -2.14. The molecule has 20 heavy (non-hydrogen) atoms. The van der Waals surface area contributed by atoms with Crippen molar-refractivity contribution in [3.8, 4) is 5.75 Å². The van der Waals surface area contributed by atoms with Crippen molar-refractivity contribution in [3.05, 3.63) is 29.3 Å². The second kappa shape index (κ2) is 6.38. The fraction of sp³-hybridized carbons (Fsp3) is 0.429. The molecule has 1 atom stereocenters. The van der Waals surface area contributed by atoms with Gasteiger partial charge in [0.05, 0.1) is 19.1 Å². The van der Waals surface area contributed by atoms with E-state index in [1.807, 2.05) is 0 Å². The topological polar surface area (TPSA) is 84.9 Å². The number of carbonyl (C=O) groups excluding carboxylic acids is 1. The van der Waals surface area contributed by atoms with Crippen LogP contribution in [0.2, 0.25) is 0 Å². The molecule has 108 valence electrons. The maximum atomic E-state index is 12.0. The van der Waals surface area contributed by atoms with E-state index in [1.54, 1.807) is 18.2 Å². The van der Waals surface area contributed by atoms with Gasteiger partial charge in [0.2, 0.25) is 0 Å². The Labute approximate surface area is 116 Å². The quantitative estimate of drug-likeness (QED) is 0.806. The fourth-order valence-corrected chi connectivity index (χ4v) is 2.07. The van der Waals surface area contributed by atoms with Crippen molar-refractivity contribution < 1.29 is 24.2 Å². The van der Waals surface area contributed by atoms with Crippen molar-refractivity contribution in [1.29, 1.82) is 0 Å². The molecule has 6 heteroatoms. The zero-order valence-electron chi connectivity index (χ0n) is 11.2. The Bertz CT molecular complexity index is 514. The Balaban J connectivity index is 1.93. The van der Waals surface area contributed by atoms with Gasteiger partial charge in [-0.15, -0.1) is 0 Å². The maximum absolute atomic E-state index is 12.0. The Hall–Kier alpha value is -2.08. The average Bonchev–Trinajstić information content (AvgIpc) is 2.89. The molecular weight excluding hydrogens is 262 g/mol. The summed E-state index contributed by atoms with van der Waals surface area (Å²) in [5.74, 6) is -0.380. The van der Waals surface area contributed by atoms with Crippen LogP contribution in [0.3, 0.4) is 0 Å². The molecule has 1 aromatic rings. The molecule has 1 unspecified atom stereocenters. The first-order valence-corrected chi connectivity index (χ1v) is 6.38. The molecule has 0 fully saturated rings. The van der Waals surface area contributed by atoms with E-state index in [2.05, 4.69) is 5.32 Å². The smallest absolute Gasteiger partial charge is 0.306 e. The Morgan fingerprint density at radius 1 is 1.50 bits per heavy atom. The minimum Gasteiger partial charge on any atom is -0.493 e. The molecule has 1 aliphatic heterocycles. The second-order valence-electron chi connectivity index (χ2n) is 4.59. The van der Waals surface area contributed by atoms with Crippen molar-refractivity contribution in [2.24, 2.45) is 0 Å². The molecule has 0 bridgehead atoms. The van der Waals surface area contributed by atoms with Crippen molar-refractivity contribution in [3.63, 3.8) is 0 Å². The van der Waals surface area contributed by atoms with Crippen LogP contribution in [0, 0.1) is 0 Å². The molecule has 0 saturated heterocycles. The lowest BCUT2D eigenvalue weighted by atomic mass is 10.1. The summed E-state index contributed by atoms with van der Waals surface area (Å²) in [4.78, 5) is 22.6. The third-order valence-electron chi connectivity index (χ3n) is 3.18. The first-order valence-electron chi connectivity index (χ1n) is 6.38. The van der Waals surface area contributed by atoms with Crippen LogP contribution < -0.4 is 10.1 Å². The van der Waals surface area contributed by atoms with Gasteiger partial charge >= 0.3 is 5.97 Å². The van der Waals surface area contributed by atoms with Gasteiger partial charge in [0.25, 0.3) is 5.91 Å². The van der Waals surface area contributed by atoms with Crippen molar-refractivity contribution in [2.45, 2.75) is 18.9 Å². The van der Waals surface area contributed by atoms with Crippen LogP contribution in [-0.2, 0) is 16.0 Å². The van der Waals surface area contributed by atoms with E-state index in [0.717, 1.165) is 17.7 Å². The van der Waals surface area contributed by atoms with E-state index >= 15 is 0 Å². The third kappa shape index (κ3) is 3.48. The molecule has 0 spiro atoms. The van der Waals surface area contributed by atoms with Gasteiger partial charge in [-0.2, -0.15) is 0 Å². The van der Waals surface area contributed by atoms with Gasteiger partial charge < -0.3 is 19.9 Å². The van der Waals surface area contributed by atoms with Crippen molar-refractivity contribution in [2.75, 3.05) is 20.3 Å². The average molecular weight is 279 g/mol. The van der Waals surface area contributed by atoms with Crippen LogP contribution in [-0.4, -0.2) is 43.3 Å². The van der Waals surface area contributed by atoms with Crippen molar-refractivity contribution >= 4 is 11.9 Å². The van der Waals surface area contributed by atoms with E-state index in [-0.39, 0.29) is 18.9 Å². The molecule has 2 rings (SSSR count). The van der Waals surface area contributed by atoms with E-state index in [9.17, 15) is 9.59 Å². The number of carboxylic acids is 1. The number of fused-ring (bicyclic) bond motifs is 1. The Morgan fingerprint density at radius 2 is 2.30 bits per heavy atom. The number of ether oxygens (including phenoxy) is 2. The molecule has 1 heterocycles. The summed E-state index contributed by atoms with van der Waals surface area (Å²) >= 11 is 0. The highest BCUT2D eigenvalue weighted by Gasteiger charge is 2.17. The van der Waals surface area contributed by atoms with Gasteiger partial charge in [-0.05, 0) is 23.8 Å². The van der Waals surface area contributed by atoms with Gasteiger partial charge in [0, 0.05) is 25.6 Å². The SMILES string of the molecule is COC(CNC(=O)c1ccc2c(c1)CCO2)CC(=O)O. The molecule has 2 N–H and O–H groups in total. The number of rotatable bonds is 6. The van der Waals surface area contributed by atoms with Crippen LogP contribution >= 0.6 is 0 Å². The minimum atomic E-state index is -0.958. The van der Waals surface area contributed by atoms with E-state index in [0.29, 0.717) is 12.2 Å². The Kier molecular flexibility index (Phi) is 4.57. The third-order valence-corrected chi connectivity index (χ3v) is 3.18. The summed E-state index contributed by atoms with van der Waals surface area (Å²) in [5, 5.41) is 11.4. The molecule has 1 amide bonds. The number of benzene rings is 1. The summed E-state index contributed by atoms with van der Waals surface area (Å²) in [6, 6.07) is 5.28. The molecule has 0 aliphatic carbocycles. The summed E-state index contributed by atoms with van der Waals surface area (Å²) < 4.78 is 10.4. The summed E-state index contributed by atoms with van der Waals surface area (Å²) in [6.45, 7) is 0.806. The lowest BCUT2D eigenvalue weighted by molar-refractivity contribution is -0.139. The number of carbonyl (C=O) groups is 2. The van der Waals surface area contributed by atoms with Gasteiger partial charge in [0.1, 0.15) is 5.75 Å². The molecule has 0 radical (unpaired) electrons. The van der Waals surface area contributed by atoms with Crippen LogP contribution in [0.15, 0.2) is 18.2 Å². The molecule has 0 saturated carbocycles. The second-order valence-corrected chi connectivity index (χ2v) is 4.59. The molecular formula is C14H17NO5. The highest BCUT2D eigenvalue weighted by Crippen LogP contribution is 2.25. The van der Waals surface area contributed by atoms with E-state index < -0.39 is 12.1 Å². The fourth-order valence-electron chi connectivity index (χ4n) is 2.07. The van der Waals surface area contributed by atoms with E-state index in [4.69, 9.17) is 14.6 Å². The predicted octanol–water partition coefficient (Wildman–Crippen LogP) is 0.841. The van der Waals surface area contributed by atoms with Crippen LogP contribution in [0.1, 0.15) is 22.3 Å². The maximum Gasteiger partial charge on any atom is 0.306 e.